The zero-order valence-electron chi connectivity index (χ0n) is 32.3. The number of hydrogen-bond donors (Lipinski definition) is 2. The number of rotatable bonds is 11. The first-order valence-electron chi connectivity index (χ1n) is 19.4. The highest BCUT2D eigenvalue weighted by Gasteiger charge is 2.38. The third-order valence-corrected chi connectivity index (χ3v) is 11.1. The maximum Gasteiger partial charge on any atom is 0.245 e. The van der Waals surface area contributed by atoms with Crippen LogP contribution in [0.4, 0.5) is 0 Å². The highest BCUT2D eigenvalue weighted by molar-refractivity contribution is 5.84. The molecule has 2 N–H and O–H groups in total. The number of benzene rings is 4. The van der Waals surface area contributed by atoms with Gasteiger partial charge < -0.3 is 9.80 Å². The fraction of sp³-hybridized carbons (Fsp3) is 0.318. The van der Waals surface area contributed by atoms with E-state index in [0.29, 0.717) is 36.4 Å². The van der Waals surface area contributed by atoms with E-state index in [1.165, 1.54) is 0 Å². The summed E-state index contributed by atoms with van der Waals surface area (Å²) in [5, 5.41) is 15.4. The van der Waals surface area contributed by atoms with Crippen LogP contribution in [0.1, 0.15) is 72.6 Å². The van der Waals surface area contributed by atoms with Crippen LogP contribution in [0, 0.1) is 0 Å². The van der Waals surface area contributed by atoms with Gasteiger partial charge in [0.1, 0.15) is 23.7 Å². The number of nitrogens with one attached hydrogen (secondary N) is 2. The van der Waals surface area contributed by atoms with E-state index in [4.69, 9.17) is 9.97 Å². The Kier molecular flexibility index (Phi) is 10.6. The van der Waals surface area contributed by atoms with E-state index in [9.17, 15) is 9.59 Å². The van der Waals surface area contributed by atoms with Crippen molar-refractivity contribution >= 4 is 11.8 Å². The van der Waals surface area contributed by atoms with E-state index in [2.05, 4.69) is 44.7 Å². The van der Waals surface area contributed by atoms with Gasteiger partial charge in [-0.25, -0.2) is 9.97 Å². The molecule has 0 spiro atoms. The lowest BCUT2D eigenvalue weighted by molar-refractivity contribution is -0.138. The van der Waals surface area contributed by atoms with Crippen molar-refractivity contribution in [3.63, 3.8) is 0 Å². The summed E-state index contributed by atoms with van der Waals surface area (Å²) in [5.74, 6) is 2.78. The highest BCUT2D eigenvalue weighted by atomic mass is 16.2. The predicted octanol–water partition coefficient (Wildman–Crippen LogP) is 6.86. The third kappa shape index (κ3) is 7.37. The Hall–Kier alpha value is -5.98. The van der Waals surface area contributed by atoms with Gasteiger partial charge in [0.25, 0.3) is 0 Å². The van der Waals surface area contributed by atoms with E-state index in [0.717, 1.165) is 59.1 Å². The number of aromatic amines is 2. The van der Waals surface area contributed by atoms with Crippen LogP contribution in [0.2, 0.25) is 0 Å². The minimum atomic E-state index is -0.365. The number of hydrogen-bond acceptors (Lipinski definition) is 8. The van der Waals surface area contributed by atoms with Gasteiger partial charge in [0, 0.05) is 24.2 Å². The summed E-state index contributed by atoms with van der Waals surface area (Å²) in [7, 11) is 7.78. The molecule has 2 fully saturated rings. The van der Waals surface area contributed by atoms with E-state index in [1.807, 2.05) is 133 Å². The van der Waals surface area contributed by atoms with Crippen molar-refractivity contribution in [2.75, 3.05) is 41.3 Å². The van der Waals surface area contributed by atoms with Gasteiger partial charge in [0.2, 0.25) is 11.8 Å². The van der Waals surface area contributed by atoms with Crippen molar-refractivity contribution in [3.8, 4) is 33.9 Å². The third-order valence-electron chi connectivity index (χ3n) is 11.1. The quantitative estimate of drug-likeness (QED) is 0.147. The smallest absolute Gasteiger partial charge is 0.245 e. The Morgan fingerprint density at radius 2 is 0.911 bits per heavy atom. The minimum absolute atomic E-state index is 0.0744. The summed E-state index contributed by atoms with van der Waals surface area (Å²) < 4.78 is 0. The molecule has 2 aromatic heterocycles. The van der Waals surface area contributed by atoms with Crippen LogP contribution in [0.15, 0.2) is 109 Å². The average molecular weight is 749 g/mol. The molecule has 0 bridgehead atoms. The average Bonchev–Trinajstić information content (AvgIpc) is 4.06. The summed E-state index contributed by atoms with van der Waals surface area (Å²) >= 11 is 0. The SMILES string of the molecule is CN(C)[C@H](C(=O)N1CCC[C@@H]1c1nc(-c2ccc(-c3ccc(-c4n[nH]c(C5CCCN5C(=O)[C@@H](c5ccccc5)N(C)C)n4)cc3)cc2)n[nH]1)c1ccccc1. The fourth-order valence-corrected chi connectivity index (χ4v) is 8.27. The van der Waals surface area contributed by atoms with Gasteiger partial charge in [0.15, 0.2) is 11.6 Å². The van der Waals surface area contributed by atoms with E-state index < -0.39 is 0 Å². The molecule has 12 heteroatoms. The molecular formula is C44H48N10O2. The molecule has 2 saturated heterocycles. The summed E-state index contributed by atoms with van der Waals surface area (Å²) in [4.78, 5) is 45.4. The molecule has 0 radical (unpaired) electrons. The standard InChI is InChI=1S/C44H48N10O2/c1-51(2)37(31-13-7-5-8-14-31)43(55)53-27-11-17-35(53)41-45-39(47-49-41)33-23-19-29(20-24-33)30-21-25-34(26-22-30)40-46-42(50-48-40)36-18-12-28-54(36)44(56)38(52(3)4)32-15-9-6-10-16-32/h5-10,13-16,19-26,35-38H,11-12,17-18,27-28H2,1-4H3,(H,45,47,49)(H,46,48,50)/t35-,36?,37+,38-/m1/s1. The Morgan fingerprint density at radius 3 is 1.27 bits per heavy atom. The number of nitrogens with zero attached hydrogens (tertiary/aromatic N) is 8. The molecular weight excluding hydrogens is 701 g/mol. The zero-order valence-corrected chi connectivity index (χ0v) is 32.3. The topological polar surface area (TPSA) is 130 Å². The lowest BCUT2D eigenvalue weighted by atomic mass is 10.0. The molecule has 2 aliphatic rings. The van der Waals surface area contributed by atoms with Gasteiger partial charge in [-0.3, -0.25) is 29.6 Å². The second-order valence-corrected chi connectivity index (χ2v) is 15.2. The summed E-state index contributed by atoms with van der Waals surface area (Å²) in [5.41, 5.74) is 5.87. The minimum Gasteiger partial charge on any atom is -0.331 e. The zero-order chi connectivity index (χ0) is 38.8. The van der Waals surface area contributed by atoms with Crippen LogP contribution < -0.4 is 0 Å². The summed E-state index contributed by atoms with van der Waals surface area (Å²) in [6.45, 7) is 1.38. The lowest BCUT2D eigenvalue weighted by Crippen LogP contribution is -2.40. The predicted molar refractivity (Wildman–Crippen MR) is 216 cm³/mol. The number of aromatic nitrogens is 6. The monoisotopic (exact) mass is 748 g/mol. The normalized spacial score (nSPS) is 18.2. The van der Waals surface area contributed by atoms with Crippen LogP contribution in [-0.4, -0.2) is 103 Å². The van der Waals surface area contributed by atoms with Crippen LogP contribution >= 0.6 is 0 Å². The van der Waals surface area contributed by atoms with E-state index >= 15 is 0 Å². The number of likely N-dealkylation sites (tertiary alicyclic amines) is 2. The summed E-state index contributed by atoms with van der Waals surface area (Å²) in [6.07, 6.45) is 3.51. The maximum atomic E-state index is 13.9. The van der Waals surface area contributed by atoms with Crippen molar-refractivity contribution in [1.29, 1.82) is 0 Å². The lowest BCUT2D eigenvalue weighted by Gasteiger charge is -2.31. The van der Waals surface area contributed by atoms with Gasteiger partial charge in [-0.2, -0.15) is 10.2 Å². The Balaban J connectivity index is 0.930. The van der Waals surface area contributed by atoms with Crippen molar-refractivity contribution in [2.24, 2.45) is 0 Å². The van der Waals surface area contributed by atoms with Gasteiger partial charge in [-0.15, -0.1) is 0 Å². The number of amides is 2. The molecule has 0 saturated carbocycles. The molecule has 12 nitrogen and oxygen atoms in total. The first-order chi connectivity index (χ1) is 27.3. The number of carbonyl (C=O) groups excluding carboxylic acids is 2. The van der Waals surface area contributed by atoms with Crippen LogP contribution in [0.5, 0.6) is 0 Å². The number of H-pyrrole nitrogens is 2. The highest BCUT2D eigenvalue weighted by Crippen LogP contribution is 2.36. The van der Waals surface area contributed by atoms with Crippen LogP contribution in [0.3, 0.4) is 0 Å². The molecule has 6 aromatic rings. The van der Waals surface area contributed by atoms with Crippen LogP contribution in [0.25, 0.3) is 33.9 Å². The summed E-state index contributed by atoms with van der Waals surface area (Å²) in [6, 6.07) is 35.2. The first kappa shape index (κ1) is 37.0. The fourth-order valence-electron chi connectivity index (χ4n) is 8.27. The first-order valence-corrected chi connectivity index (χ1v) is 19.4. The Bertz CT molecular complexity index is 2090. The van der Waals surface area contributed by atoms with Gasteiger partial charge in [-0.1, -0.05) is 109 Å². The molecule has 1 unspecified atom stereocenters. The largest absolute Gasteiger partial charge is 0.331 e. The molecule has 0 aliphatic carbocycles. The molecule has 4 aromatic carbocycles. The van der Waals surface area contributed by atoms with Gasteiger partial charge in [-0.05, 0) is 76.1 Å². The second-order valence-electron chi connectivity index (χ2n) is 15.2. The molecule has 4 heterocycles. The van der Waals surface area contributed by atoms with E-state index in [1.54, 1.807) is 0 Å². The van der Waals surface area contributed by atoms with Gasteiger partial charge >= 0.3 is 0 Å². The molecule has 4 atom stereocenters. The van der Waals surface area contributed by atoms with Crippen molar-refractivity contribution in [3.05, 3.63) is 132 Å². The van der Waals surface area contributed by atoms with E-state index in [-0.39, 0.29) is 36.0 Å². The second kappa shape index (κ2) is 16.0. The molecule has 56 heavy (non-hydrogen) atoms. The Morgan fingerprint density at radius 1 is 0.554 bits per heavy atom. The van der Waals surface area contributed by atoms with Crippen molar-refractivity contribution < 1.29 is 9.59 Å². The van der Waals surface area contributed by atoms with Crippen molar-refractivity contribution in [2.45, 2.75) is 49.9 Å². The number of carbonyl (C=O) groups is 2. The molecule has 286 valence electrons. The Labute approximate surface area is 327 Å². The van der Waals surface area contributed by atoms with Gasteiger partial charge in [0.05, 0.1) is 12.1 Å². The van der Waals surface area contributed by atoms with Crippen LogP contribution in [-0.2, 0) is 9.59 Å². The van der Waals surface area contributed by atoms with Crippen molar-refractivity contribution in [1.82, 2.24) is 50.0 Å². The molecule has 8 rings (SSSR count). The molecule has 2 aliphatic heterocycles. The molecule has 2 amide bonds. The maximum absolute atomic E-state index is 13.9. The number of likely N-dealkylation sites (N-methyl/N-ethyl adjacent to an activating group) is 2.